The Labute approximate surface area is 235 Å². The maximum absolute atomic E-state index is 13.6. The standard InChI is InChI=1S/C28H29F6NO3.C3H6/c1-16(24(36)37)9-18-3-4-19-7-8-26(38-23(19)10-18)12-25(13-26)14-35(15-25)17(2)21-11-20(27(29,30)31)5-6-22(21)28(32,33)34;1-2-3-1/h3-6,10-11,16-17H,7-9,12-15H2,1-2H3,(H,36,37);1-3H2. The first-order chi connectivity index (χ1) is 19.1. The Kier molecular flexibility index (Phi) is 7.62. The summed E-state index contributed by atoms with van der Waals surface area (Å²) >= 11 is 0. The van der Waals surface area contributed by atoms with Gasteiger partial charge in [-0.25, -0.2) is 0 Å². The predicted molar refractivity (Wildman–Crippen MR) is 141 cm³/mol. The summed E-state index contributed by atoms with van der Waals surface area (Å²) < 4.78 is 87.0. The highest BCUT2D eigenvalue weighted by Gasteiger charge is 2.62. The van der Waals surface area contributed by atoms with E-state index in [0.29, 0.717) is 37.7 Å². The molecule has 0 radical (unpaired) electrons. The fraction of sp³-hybridized carbons (Fsp3) is 0.581. The van der Waals surface area contributed by atoms with Gasteiger partial charge < -0.3 is 9.84 Å². The van der Waals surface area contributed by atoms with E-state index in [2.05, 4.69) is 0 Å². The molecule has 2 aliphatic carbocycles. The van der Waals surface area contributed by atoms with Crippen LogP contribution in [0.2, 0.25) is 0 Å². The average molecular weight is 584 g/mol. The largest absolute Gasteiger partial charge is 0.487 e. The van der Waals surface area contributed by atoms with Crippen molar-refractivity contribution in [1.82, 2.24) is 4.90 Å². The van der Waals surface area contributed by atoms with Crippen LogP contribution in [0.25, 0.3) is 0 Å². The van der Waals surface area contributed by atoms with E-state index in [4.69, 9.17) is 4.74 Å². The van der Waals surface area contributed by atoms with Crippen LogP contribution >= 0.6 is 0 Å². The van der Waals surface area contributed by atoms with Gasteiger partial charge in [0.2, 0.25) is 0 Å². The lowest BCUT2D eigenvalue weighted by Crippen LogP contribution is -2.70. The minimum absolute atomic E-state index is 0.124. The zero-order valence-electron chi connectivity index (χ0n) is 23.2. The summed E-state index contributed by atoms with van der Waals surface area (Å²) in [6.07, 6.45) is -1.49. The van der Waals surface area contributed by atoms with Crippen molar-refractivity contribution in [3.63, 3.8) is 0 Å². The number of hydrogen-bond acceptors (Lipinski definition) is 3. The number of alkyl halides is 6. The van der Waals surface area contributed by atoms with E-state index in [1.165, 1.54) is 26.2 Å². The van der Waals surface area contributed by atoms with Crippen molar-refractivity contribution in [2.75, 3.05) is 13.1 Å². The first-order valence-corrected chi connectivity index (χ1v) is 14.2. The smallest absolute Gasteiger partial charge is 0.416 e. The van der Waals surface area contributed by atoms with Crippen molar-refractivity contribution < 1.29 is 41.0 Å². The number of hydrogen-bond donors (Lipinski definition) is 1. The fourth-order valence-corrected chi connectivity index (χ4v) is 6.53. The molecule has 0 aromatic heterocycles. The molecular weight excluding hydrogens is 548 g/mol. The number of carboxylic acids is 1. The van der Waals surface area contributed by atoms with Gasteiger partial charge in [0.25, 0.3) is 0 Å². The summed E-state index contributed by atoms with van der Waals surface area (Å²) in [5.41, 5.74) is -1.03. The van der Waals surface area contributed by atoms with Crippen molar-refractivity contribution in [3.05, 3.63) is 64.2 Å². The number of nitrogens with zero attached hydrogens (tertiary/aromatic N) is 1. The summed E-state index contributed by atoms with van der Waals surface area (Å²) in [6, 6.07) is 6.63. The van der Waals surface area contributed by atoms with Crippen LogP contribution in [-0.4, -0.2) is 34.7 Å². The lowest BCUT2D eigenvalue weighted by Gasteiger charge is -2.65. The van der Waals surface area contributed by atoms with Gasteiger partial charge in [-0.2, -0.15) is 26.3 Å². The molecule has 2 saturated carbocycles. The summed E-state index contributed by atoms with van der Waals surface area (Å²) in [7, 11) is 0. The molecule has 2 aromatic rings. The Bertz CT molecular complexity index is 1280. The van der Waals surface area contributed by atoms with Crippen molar-refractivity contribution >= 4 is 5.97 Å². The summed E-state index contributed by atoms with van der Waals surface area (Å²) in [6.45, 7) is 4.17. The number of halogens is 6. The van der Waals surface area contributed by atoms with Gasteiger partial charge in [-0.1, -0.05) is 38.3 Å². The first-order valence-electron chi connectivity index (χ1n) is 14.2. The SMILES string of the molecule is C1CC1.CC(Cc1ccc2c(c1)OC1(CC2)CC2(CN(C(C)c3cc(C(F)(F)F)ccc3C(F)(F)F)C2)C1)C(=O)O. The van der Waals surface area contributed by atoms with Crippen LogP contribution < -0.4 is 4.74 Å². The number of ether oxygens (including phenoxy) is 1. The molecule has 4 aliphatic rings. The quantitative estimate of drug-likeness (QED) is 0.362. The second-order valence-electron chi connectivity index (χ2n) is 12.5. The van der Waals surface area contributed by atoms with Crippen molar-refractivity contribution in [2.45, 2.75) is 89.2 Å². The molecule has 224 valence electrons. The van der Waals surface area contributed by atoms with E-state index in [1.54, 1.807) is 11.8 Å². The Morgan fingerprint density at radius 3 is 2.20 bits per heavy atom. The van der Waals surface area contributed by atoms with Gasteiger partial charge in [0.05, 0.1) is 17.0 Å². The molecule has 2 unspecified atom stereocenters. The van der Waals surface area contributed by atoms with Crippen LogP contribution in [0, 0.1) is 11.3 Å². The highest BCUT2D eigenvalue weighted by atomic mass is 19.4. The van der Waals surface area contributed by atoms with E-state index in [9.17, 15) is 36.2 Å². The molecule has 2 spiro atoms. The Morgan fingerprint density at radius 2 is 1.63 bits per heavy atom. The fourth-order valence-electron chi connectivity index (χ4n) is 6.53. The van der Waals surface area contributed by atoms with Gasteiger partial charge in [0.1, 0.15) is 11.4 Å². The van der Waals surface area contributed by atoms with Crippen molar-refractivity contribution in [2.24, 2.45) is 11.3 Å². The van der Waals surface area contributed by atoms with Crippen LogP contribution in [0.3, 0.4) is 0 Å². The number of aryl methyl sites for hydroxylation is 1. The predicted octanol–water partition coefficient (Wildman–Crippen LogP) is 8.08. The summed E-state index contributed by atoms with van der Waals surface area (Å²) in [4.78, 5) is 13.0. The third kappa shape index (κ3) is 6.37. The molecule has 2 aromatic carbocycles. The zero-order chi connectivity index (χ0) is 29.8. The monoisotopic (exact) mass is 583 g/mol. The molecule has 6 rings (SSSR count). The minimum Gasteiger partial charge on any atom is -0.487 e. The van der Waals surface area contributed by atoms with Crippen LogP contribution in [0.5, 0.6) is 5.75 Å². The van der Waals surface area contributed by atoms with E-state index in [1.807, 2.05) is 18.2 Å². The van der Waals surface area contributed by atoms with E-state index >= 15 is 0 Å². The van der Waals surface area contributed by atoms with Crippen LogP contribution in [0.1, 0.15) is 86.2 Å². The van der Waals surface area contributed by atoms with Gasteiger partial charge in [0, 0.05) is 24.5 Å². The maximum Gasteiger partial charge on any atom is 0.416 e. The lowest BCUT2D eigenvalue weighted by molar-refractivity contribution is -0.192. The summed E-state index contributed by atoms with van der Waals surface area (Å²) in [5, 5.41) is 9.20. The molecule has 3 fully saturated rings. The molecule has 1 N–H and O–H groups in total. The molecule has 41 heavy (non-hydrogen) atoms. The first kappa shape index (κ1) is 29.7. The average Bonchev–Trinajstić information content (AvgIpc) is 3.73. The number of rotatable bonds is 5. The zero-order valence-corrected chi connectivity index (χ0v) is 23.2. The molecule has 2 heterocycles. The molecule has 0 bridgehead atoms. The molecule has 2 atom stereocenters. The molecule has 10 heteroatoms. The van der Waals surface area contributed by atoms with E-state index in [-0.39, 0.29) is 16.6 Å². The molecular formula is C31H35F6NO3. The highest BCUT2D eigenvalue weighted by Crippen LogP contribution is 2.60. The normalized spacial score (nSPS) is 21.9. The molecule has 2 aliphatic heterocycles. The number of likely N-dealkylation sites (tertiary alicyclic amines) is 1. The Balaban J connectivity index is 0.00000106. The maximum atomic E-state index is 13.6. The number of fused-ring (bicyclic) bond motifs is 1. The van der Waals surface area contributed by atoms with Gasteiger partial charge in [-0.3, -0.25) is 9.69 Å². The van der Waals surface area contributed by atoms with Gasteiger partial charge >= 0.3 is 18.3 Å². The Hall–Kier alpha value is -2.75. The van der Waals surface area contributed by atoms with Gasteiger partial charge in [-0.05, 0) is 80.0 Å². The van der Waals surface area contributed by atoms with Gasteiger partial charge in [0.15, 0.2) is 0 Å². The molecule has 0 amide bonds. The summed E-state index contributed by atoms with van der Waals surface area (Å²) in [5.74, 6) is -0.628. The number of carboxylic acid groups (broad SMARTS) is 1. The topological polar surface area (TPSA) is 49.8 Å². The molecule has 4 nitrogen and oxygen atoms in total. The van der Waals surface area contributed by atoms with E-state index in [0.717, 1.165) is 42.6 Å². The van der Waals surface area contributed by atoms with Crippen LogP contribution in [0.4, 0.5) is 26.3 Å². The minimum atomic E-state index is -4.75. The number of aliphatic carboxylic acids is 1. The van der Waals surface area contributed by atoms with Crippen molar-refractivity contribution in [1.29, 1.82) is 0 Å². The molecule has 1 saturated heterocycles. The highest BCUT2D eigenvalue weighted by molar-refractivity contribution is 5.70. The third-order valence-electron chi connectivity index (χ3n) is 8.78. The van der Waals surface area contributed by atoms with Crippen LogP contribution in [0.15, 0.2) is 36.4 Å². The number of carbonyl (C=O) groups is 1. The lowest BCUT2D eigenvalue weighted by atomic mass is 9.53. The van der Waals surface area contributed by atoms with E-state index < -0.39 is 41.4 Å². The van der Waals surface area contributed by atoms with Crippen molar-refractivity contribution in [3.8, 4) is 5.75 Å². The van der Waals surface area contributed by atoms with Crippen LogP contribution in [-0.2, 0) is 30.0 Å². The third-order valence-corrected chi connectivity index (χ3v) is 8.78. The second kappa shape index (κ2) is 10.5. The Morgan fingerprint density at radius 1 is 0.976 bits per heavy atom. The second-order valence-corrected chi connectivity index (χ2v) is 12.5. The number of benzene rings is 2. The van der Waals surface area contributed by atoms with Gasteiger partial charge in [-0.15, -0.1) is 0 Å².